The summed E-state index contributed by atoms with van der Waals surface area (Å²) in [6.07, 6.45) is 3.36. The third-order valence-corrected chi connectivity index (χ3v) is 5.54. The van der Waals surface area contributed by atoms with Gasteiger partial charge in [-0.25, -0.2) is 0 Å². The first-order valence-electron chi connectivity index (χ1n) is 9.22. The Morgan fingerprint density at radius 1 is 1.00 bits per heavy atom. The van der Waals surface area contributed by atoms with Crippen molar-refractivity contribution in [1.29, 1.82) is 0 Å². The zero-order valence-electron chi connectivity index (χ0n) is 15.9. The molecule has 0 spiro atoms. The minimum atomic E-state index is -0.564. The Morgan fingerprint density at radius 3 is 2.47 bits per heavy atom. The molecule has 7 heteroatoms. The highest BCUT2D eigenvalue weighted by atomic mass is 79.9. The number of nitrogens with one attached hydrogen (secondary N) is 2. The molecule has 2 heterocycles. The van der Waals surface area contributed by atoms with E-state index in [0.29, 0.717) is 28.1 Å². The Bertz CT molecular complexity index is 1180. The van der Waals surface area contributed by atoms with Crippen LogP contribution in [0.1, 0.15) is 34.5 Å². The number of benzene rings is 2. The van der Waals surface area contributed by atoms with Crippen LogP contribution in [0.3, 0.4) is 0 Å². The summed E-state index contributed by atoms with van der Waals surface area (Å²) in [5, 5.41) is 6.05. The maximum atomic E-state index is 12.8. The van der Waals surface area contributed by atoms with Gasteiger partial charge in [0.15, 0.2) is 5.78 Å². The van der Waals surface area contributed by atoms with Crippen LogP contribution in [0, 0.1) is 0 Å². The van der Waals surface area contributed by atoms with Gasteiger partial charge in [-0.2, -0.15) is 0 Å². The maximum Gasteiger partial charge on any atom is 0.252 e. The zero-order chi connectivity index (χ0) is 21.3. The first-order chi connectivity index (χ1) is 14.4. The van der Waals surface area contributed by atoms with E-state index < -0.39 is 11.3 Å². The van der Waals surface area contributed by atoms with E-state index in [2.05, 4.69) is 31.5 Å². The summed E-state index contributed by atoms with van der Waals surface area (Å²) in [5.74, 6) is -0.0764. The number of allylic oxidation sites excluding steroid dienone is 1. The number of ketones is 1. The molecule has 30 heavy (non-hydrogen) atoms. The predicted octanol–water partition coefficient (Wildman–Crippen LogP) is 5.69. The van der Waals surface area contributed by atoms with Crippen LogP contribution in [0.15, 0.2) is 82.7 Å². The highest BCUT2D eigenvalue weighted by Crippen LogP contribution is 2.38. The number of pyridine rings is 1. The van der Waals surface area contributed by atoms with Gasteiger partial charge in [-0.1, -0.05) is 30.3 Å². The number of aromatic nitrogens is 1. The van der Waals surface area contributed by atoms with Crippen LogP contribution in [-0.4, -0.2) is 16.0 Å². The molecule has 1 unspecified atom stereocenters. The molecule has 0 bridgehead atoms. The lowest BCUT2D eigenvalue weighted by atomic mass is 9.99. The second-order valence-corrected chi connectivity index (χ2v) is 8.17. The van der Waals surface area contributed by atoms with Crippen molar-refractivity contribution in [3.63, 3.8) is 0 Å². The molecule has 4 rings (SSSR count). The van der Waals surface area contributed by atoms with Gasteiger partial charge in [0.25, 0.3) is 5.24 Å². The minimum Gasteiger partial charge on any atom is -0.372 e. The van der Waals surface area contributed by atoms with Crippen molar-refractivity contribution in [3.8, 4) is 0 Å². The topological polar surface area (TPSA) is 71.1 Å². The Morgan fingerprint density at radius 2 is 1.77 bits per heavy atom. The van der Waals surface area contributed by atoms with Crippen molar-refractivity contribution >= 4 is 49.9 Å². The Balaban J connectivity index is 1.77. The van der Waals surface area contributed by atoms with Crippen LogP contribution in [0.25, 0.3) is 0 Å². The van der Waals surface area contributed by atoms with Gasteiger partial charge < -0.3 is 10.6 Å². The summed E-state index contributed by atoms with van der Waals surface area (Å²) in [7, 11) is 0. The molecule has 0 amide bonds. The van der Waals surface area contributed by atoms with Gasteiger partial charge >= 0.3 is 0 Å². The van der Waals surface area contributed by atoms with E-state index in [-0.39, 0.29) is 5.78 Å². The van der Waals surface area contributed by atoms with E-state index in [0.717, 1.165) is 15.7 Å². The fourth-order valence-electron chi connectivity index (χ4n) is 3.48. The van der Waals surface area contributed by atoms with E-state index in [1.54, 1.807) is 43.6 Å². The van der Waals surface area contributed by atoms with Gasteiger partial charge in [-0.15, -0.1) is 0 Å². The Kier molecular flexibility index (Phi) is 5.70. The second-order valence-electron chi connectivity index (χ2n) is 6.91. The molecule has 0 radical (unpaired) electrons. The molecule has 0 saturated heterocycles. The first kappa shape index (κ1) is 20.3. The summed E-state index contributed by atoms with van der Waals surface area (Å²) < 4.78 is 0.794. The van der Waals surface area contributed by atoms with Crippen molar-refractivity contribution < 1.29 is 9.59 Å². The number of rotatable bonds is 4. The lowest BCUT2D eigenvalue weighted by Gasteiger charge is -2.20. The van der Waals surface area contributed by atoms with Gasteiger partial charge in [0.2, 0.25) is 0 Å². The first-order valence-corrected chi connectivity index (χ1v) is 10.4. The smallest absolute Gasteiger partial charge is 0.252 e. The Hall–Kier alpha value is -2.96. The monoisotopic (exact) mass is 481 g/mol. The van der Waals surface area contributed by atoms with Crippen LogP contribution in [0.4, 0.5) is 11.4 Å². The number of halogens is 2. The fourth-order valence-corrected chi connectivity index (χ4v) is 4.11. The van der Waals surface area contributed by atoms with Crippen molar-refractivity contribution in [2.45, 2.75) is 13.0 Å². The molecule has 1 atom stereocenters. The standard InChI is InChI=1S/C23H17BrClN3O2/c1-13-20(23(25)30)21(16-9-17(24)12-26-11-16)28-18-8-7-15(10-19(18)27-13)22(29)14-5-3-2-4-6-14/h2-12,21,27-28H,1H3. The molecule has 0 aliphatic carbocycles. The summed E-state index contributed by atoms with van der Waals surface area (Å²) in [5.41, 5.74) is 4.38. The molecular weight excluding hydrogens is 466 g/mol. The lowest BCUT2D eigenvalue weighted by molar-refractivity contribution is -0.108. The van der Waals surface area contributed by atoms with E-state index in [1.807, 2.05) is 30.3 Å². The number of carbonyl (C=O) groups excluding carboxylic acids is 2. The molecule has 0 fully saturated rings. The van der Waals surface area contributed by atoms with Crippen LogP contribution in [0.5, 0.6) is 0 Å². The van der Waals surface area contributed by atoms with Crippen molar-refractivity contribution in [2.75, 3.05) is 10.6 Å². The molecule has 3 aromatic rings. The Labute approximate surface area is 187 Å². The highest BCUT2D eigenvalue weighted by Gasteiger charge is 2.28. The van der Waals surface area contributed by atoms with E-state index >= 15 is 0 Å². The fraction of sp³-hybridized carbons (Fsp3) is 0.0870. The quantitative estimate of drug-likeness (QED) is 0.369. The average molecular weight is 483 g/mol. The molecule has 0 saturated carbocycles. The van der Waals surface area contributed by atoms with Gasteiger partial charge in [0.05, 0.1) is 23.0 Å². The summed E-state index contributed by atoms with van der Waals surface area (Å²) in [6.45, 7) is 1.79. The van der Waals surface area contributed by atoms with Gasteiger partial charge in [-0.05, 0) is 64.3 Å². The zero-order valence-corrected chi connectivity index (χ0v) is 18.3. The summed E-state index contributed by atoms with van der Waals surface area (Å²) in [4.78, 5) is 29.3. The van der Waals surface area contributed by atoms with Crippen molar-refractivity contribution in [1.82, 2.24) is 4.98 Å². The summed E-state index contributed by atoms with van der Waals surface area (Å²) >= 11 is 9.37. The number of hydrogen-bond donors (Lipinski definition) is 2. The molecule has 5 nitrogen and oxygen atoms in total. The van der Waals surface area contributed by atoms with Gasteiger partial charge in [0.1, 0.15) is 0 Å². The second kappa shape index (κ2) is 8.42. The maximum absolute atomic E-state index is 12.8. The van der Waals surface area contributed by atoms with E-state index in [9.17, 15) is 9.59 Å². The molecule has 1 aliphatic heterocycles. The molecule has 2 N–H and O–H groups in total. The molecular formula is C23H17BrClN3O2. The molecule has 1 aliphatic rings. The van der Waals surface area contributed by atoms with Gasteiger partial charge in [0, 0.05) is 33.7 Å². The van der Waals surface area contributed by atoms with Crippen molar-refractivity contribution in [3.05, 3.63) is 99.4 Å². The minimum absolute atomic E-state index is 0.0764. The number of hydrogen-bond acceptors (Lipinski definition) is 5. The van der Waals surface area contributed by atoms with Crippen LogP contribution in [-0.2, 0) is 4.79 Å². The van der Waals surface area contributed by atoms with Crippen LogP contribution in [0.2, 0.25) is 0 Å². The number of carbonyl (C=O) groups is 2. The SMILES string of the molecule is CC1=C(C(=O)Cl)C(c2cncc(Br)c2)Nc2ccc(C(=O)c3ccccc3)cc2N1. The number of nitrogens with zero attached hydrogens (tertiary/aromatic N) is 1. The average Bonchev–Trinajstić information content (AvgIpc) is 2.89. The predicted molar refractivity (Wildman–Crippen MR) is 122 cm³/mol. The number of anilines is 2. The largest absolute Gasteiger partial charge is 0.372 e. The number of fused-ring (bicyclic) bond motifs is 1. The van der Waals surface area contributed by atoms with Crippen LogP contribution >= 0.6 is 27.5 Å². The van der Waals surface area contributed by atoms with Gasteiger partial charge in [-0.3, -0.25) is 14.6 Å². The van der Waals surface area contributed by atoms with E-state index in [4.69, 9.17) is 11.6 Å². The molecule has 150 valence electrons. The van der Waals surface area contributed by atoms with E-state index in [1.165, 1.54) is 0 Å². The molecule has 2 aromatic carbocycles. The third kappa shape index (κ3) is 4.01. The van der Waals surface area contributed by atoms with Crippen molar-refractivity contribution in [2.24, 2.45) is 0 Å². The summed E-state index contributed by atoms with van der Waals surface area (Å²) in [6, 6.07) is 15.9. The molecule has 1 aromatic heterocycles. The third-order valence-electron chi connectivity index (χ3n) is 4.90. The van der Waals surface area contributed by atoms with Crippen LogP contribution < -0.4 is 10.6 Å². The lowest BCUT2D eigenvalue weighted by Crippen LogP contribution is -2.18. The normalized spacial score (nSPS) is 15.5. The highest BCUT2D eigenvalue weighted by molar-refractivity contribution is 9.10.